The van der Waals surface area contributed by atoms with Gasteiger partial charge in [-0.05, 0) is 37.8 Å². The van der Waals surface area contributed by atoms with E-state index in [1.54, 1.807) is 45.2 Å². The van der Waals surface area contributed by atoms with Gasteiger partial charge in [-0.2, -0.15) is 0 Å². The van der Waals surface area contributed by atoms with Crippen molar-refractivity contribution in [3.05, 3.63) is 12.1 Å². The van der Waals surface area contributed by atoms with Gasteiger partial charge in [0.1, 0.15) is 0 Å². The van der Waals surface area contributed by atoms with Crippen molar-refractivity contribution in [1.82, 2.24) is 10.2 Å². The average Bonchev–Trinajstić information content (AvgIpc) is 3.47. The molecule has 152 valence electrons. The Kier molecular flexibility index (Phi) is 5.68. The van der Waals surface area contributed by atoms with Crippen molar-refractivity contribution in [2.24, 2.45) is 0 Å². The molecule has 8 heteroatoms. The van der Waals surface area contributed by atoms with Crippen LogP contribution in [0.5, 0.6) is 17.2 Å². The van der Waals surface area contributed by atoms with Crippen LogP contribution < -0.4 is 14.2 Å². The first-order valence-corrected chi connectivity index (χ1v) is 10.6. The smallest absolute Gasteiger partial charge is 0.276 e. The molecular weight excluding hydrogens is 380 g/mol. The molecule has 2 heterocycles. The van der Waals surface area contributed by atoms with Crippen LogP contribution in [0.2, 0.25) is 0 Å². The van der Waals surface area contributed by atoms with Crippen LogP contribution in [0.25, 0.3) is 11.5 Å². The van der Waals surface area contributed by atoms with Crippen molar-refractivity contribution >= 4 is 11.8 Å². The molecule has 2 aromatic rings. The summed E-state index contributed by atoms with van der Waals surface area (Å²) in [5.41, 5.74) is 0.873. The third-order valence-corrected chi connectivity index (χ3v) is 6.51. The highest BCUT2D eigenvalue weighted by molar-refractivity contribution is 7.99. The van der Waals surface area contributed by atoms with Gasteiger partial charge in [0.25, 0.3) is 5.22 Å². The zero-order valence-electron chi connectivity index (χ0n) is 16.5. The predicted molar refractivity (Wildman–Crippen MR) is 105 cm³/mol. The van der Waals surface area contributed by atoms with Gasteiger partial charge >= 0.3 is 0 Å². The third kappa shape index (κ3) is 3.80. The molecule has 7 nitrogen and oxygen atoms in total. The SMILES string of the molecule is COc1cc(-c2nnc(SC[C@H]3CCC4(CCCC4)O3)o2)cc(OC)c1OC. The van der Waals surface area contributed by atoms with Crippen molar-refractivity contribution in [1.29, 1.82) is 0 Å². The van der Waals surface area contributed by atoms with Gasteiger partial charge in [0.05, 0.1) is 33.0 Å². The van der Waals surface area contributed by atoms with Crippen molar-refractivity contribution in [3.63, 3.8) is 0 Å². The molecule has 1 aromatic carbocycles. The van der Waals surface area contributed by atoms with Gasteiger partial charge in [-0.3, -0.25) is 0 Å². The molecular formula is C20H26N2O5S. The Morgan fingerprint density at radius 1 is 1.04 bits per heavy atom. The van der Waals surface area contributed by atoms with Crippen molar-refractivity contribution in [2.45, 2.75) is 55.5 Å². The fraction of sp³-hybridized carbons (Fsp3) is 0.600. The number of hydrogen-bond donors (Lipinski definition) is 0. The molecule has 28 heavy (non-hydrogen) atoms. The molecule has 0 unspecified atom stereocenters. The van der Waals surface area contributed by atoms with Gasteiger partial charge in [0.15, 0.2) is 11.5 Å². The first-order valence-electron chi connectivity index (χ1n) is 9.61. The van der Waals surface area contributed by atoms with Gasteiger partial charge in [0.2, 0.25) is 11.6 Å². The van der Waals surface area contributed by atoms with E-state index >= 15 is 0 Å². The molecule has 1 spiro atoms. The summed E-state index contributed by atoms with van der Waals surface area (Å²) in [4.78, 5) is 0. The highest BCUT2D eigenvalue weighted by Crippen LogP contribution is 2.44. The predicted octanol–water partition coefficient (Wildman–Crippen LogP) is 4.35. The Bertz CT molecular complexity index is 794. The van der Waals surface area contributed by atoms with E-state index in [0.717, 1.165) is 17.7 Å². The summed E-state index contributed by atoms with van der Waals surface area (Å²) in [5.74, 6) is 2.87. The Balaban J connectivity index is 1.43. The van der Waals surface area contributed by atoms with Crippen LogP contribution in [0.15, 0.2) is 21.8 Å². The molecule has 1 aliphatic heterocycles. The lowest BCUT2D eigenvalue weighted by atomic mass is 9.98. The number of thioether (sulfide) groups is 1. The monoisotopic (exact) mass is 406 g/mol. The molecule has 1 saturated carbocycles. The molecule has 1 atom stereocenters. The van der Waals surface area contributed by atoms with E-state index < -0.39 is 0 Å². The van der Waals surface area contributed by atoms with Crippen LogP contribution in [-0.4, -0.2) is 49.0 Å². The maximum atomic E-state index is 6.35. The summed E-state index contributed by atoms with van der Waals surface area (Å²) in [6.07, 6.45) is 7.56. The summed E-state index contributed by atoms with van der Waals surface area (Å²) < 4.78 is 28.3. The topological polar surface area (TPSA) is 75.8 Å². The van der Waals surface area contributed by atoms with Gasteiger partial charge < -0.3 is 23.4 Å². The normalized spacial score (nSPS) is 20.6. The fourth-order valence-corrected chi connectivity index (χ4v) is 4.95. The van der Waals surface area contributed by atoms with E-state index in [1.807, 2.05) is 0 Å². The molecule has 1 saturated heterocycles. The summed E-state index contributed by atoms with van der Waals surface area (Å²) in [6, 6.07) is 3.60. The van der Waals surface area contributed by atoms with E-state index in [9.17, 15) is 0 Å². The molecule has 0 amide bonds. The second kappa shape index (κ2) is 8.21. The van der Waals surface area contributed by atoms with Crippen LogP contribution in [0.3, 0.4) is 0 Å². The second-order valence-electron chi connectivity index (χ2n) is 7.27. The number of methoxy groups -OCH3 is 3. The van der Waals surface area contributed by atoms with Crippen LogP contribution in [0.4, 0.5) is 0 Å². The van der Waals surface area contributed by atoms with Gasteiger partial charge in [-0.25, -0.2) is 0 Å². The Morgan fingerprint density at radius 2 is 1.75 bits per heavy atom. The molecule has 0 bridgehead atoms. The molecule has 1 aliphatic carbocycles. The van der Waals surface area contributed by atoms with Crippen LogP contribution >= 0.6 is 11.8 Å². The standard InChI is InChI=1S/C20H26N2O5S/c1-23-15-10-13(11-16(24-2)17(15)25-3)18-21-22-19(26-18)28-12-14-6-9-20(27-14)7-4-5-8-20/h10-11,14H,4-9,12H2,1-3H3/t14-/m1/s1. The molecule has 0 radical (unpaired) electrons. The number of aromatic nitrogens is 2. The maximum absolute atomic E-state index is 6.35. The van der Waals surface area contributed by atoms with E-state index in [4.69, 9.17) is 23.4 Å². The second-order valence-corrected chi connectivity index (χ2v) is 8.24. The Labute approximate surface area is 169 Å². The third-order valence-electron chi connectivity index (χ3n) is 5.56. The van der Waals surface area contributed by atoms with Crippen molar-refractivity contribution < 1.29 is 23.4 Å². The minimum absolute atomic E-state index is 0.154. The quantitative estimate of drug-likeness (QED) is 0.628. The van der Waals surface area contributed by atoms with Crippen LogP contribution in [0, 0.1) is 0 Å². The van der Waals surface area contributed by atoms with E-state index in [0.29, 0.717) is 28.4 Å². The van der Waals surface area contributed by atoms with E-state index in [1.165, 1.54) is 32.1 Å². The molecule has 2 aliphatic rings. The summed E-state index contributed by atoms with van der Waals surface area (Å²) >= 11 is 1.55. The average molecular weight is 407 g/mol. The molecule has 2 fully saturated rings. The fourth-order valence-electron chi connectivity index (χ4n) is 4.15. The largest absolute Gasteiger partial charge is 0.493 e. The summed E-state index contributed by atoms with van der Waals surface area (Å²) in [7, 11) is 4.73. The van der Waals surface area contributed by atoms with Gasteiger partial charge in [0, 0.05) is 11.3 Å². The first kappa shape index (κ1) is 19.4. The van der Waals surface area contributed by atoms with E-state index in [-0.39, 0.29) is 11.7 Å². The number of benzene rings is 1. The Hall–Kier alpha value is -1.93. The molecule has 1 aromatic heterocycles. The highest BCUT2D eigenvalue weighted by Gasteiger charge is 2.42. The summed E-state index contributed by atoms with van der Waals surface area (Å²) in [6.45, 7) is 0. The van der Waals surface area contributed by atoms with Gasteiger partial charge in [-0.1, -0.05) is 24.6 Å². The number of ether oxygens (including phenoxy) is 4. The number of rotatable bonds is 7. The molecule has 0 N–H and O–H groups in total. The van der Waals surface area contributed by atoms with Crippen molar-refractivity contribution in [2.75, 3.05) is 27.1 Å². The van der Waals surface area contributed by atoms with E-state index in [2.05, 4.69) is 10.2 Å². The van der Waals surface area contributed by atoms with Gasteiger partial charge in [-0.15, -0.1) is 10.2 Å². The lowest BCUT2D eigenvalue weighted by Crippen LogP contribution is -2.25. The zero-order valence-corrected chi connectivity index (χ0v) is 17.3. The zero-order chi connectivity index (χ0) is 19.6. The highest BCUT2D eigenvalue weighted by atomic mass is 32.2. The van der Waals surface area contributed by atoms with Crippen LogP contribution in [-0.2, 0) is 4.74 Å². The summed E-state index contributed by atoms with van der Waals surface area (Å²) in [5, 5.41) is 8.89. The van der Waals surface area contributed by atoms with Crippen molar-refractivity contribution in [3.8, 4) is 28.7 Å². The Morgan fingerprint density at radius 3 is 2.39 bits per heavy atom. The lowest BCUT2D eigenvalue weighted by molar-refractivity contribution is -0.0268. The number of hydrogen-bond acceptors (Lipinski definition) is 8. The minimum Gasteiger partial charge on any atom is -0.493 e. The van der Waals surface area contributed by atoms with Crippen LogP contribution in [0.1, 0.15) is 38.5 Å². The molecule has 4 rings (SSSR count). The first-order chi connectivity index (χ1) is 13.7. The number of nitrogens with zero attached hydrogens (tertiary/aromatic N) is 2. The maximum Gasteiger partial charge on any atom is 0.276 e. The lowest BCUT2D eigenvalue weighted by Gasteiger charge is -2.23. The minimum atomic E-state index is 0.154.